The molecule has 2 aliphatic heterocycles. The van der Waals surface area contributed by atoms with Gasteiger partial charge in [-0.2, -0.15) is 0 Å². The van der Waals surface area contributed by atoms with Crippen molar-refractivity contribution >= 4 is 23.2 Å². The standard InChI is InChI=1S/C22H25N3O2/c26-21-12-11-20(25(21)16-17-7-2-1-3-8-17)22(27)23-18-9-6-10-19(15-18)24-13-4-5-14-24/h1-3,6-10,15,20H,4-5,11-14,16H2,(H,23,27). The lowest BCUT2D eigenvalue weighted by atomic mass is 10.1. The van der Waals surface area contributed by atoms with Crippen LogP contribution in [-0.2, 0) is 16.1 Å². The predicted octanol–water partition coefficient (Wildman–Crippen LogP) is 3.42. The molecule has 27 heavy (non-hydrogen) atoms. The van der Waals surface area contributed by atoms with Gasteiger partial charge in [-0.3, -0.25) is 9.59 Å². The lowest BCUT2D eigenvalue weighted by molar-refractivity contribution is -0.133. The first kappa shape index (κ1) is 17.6. The smallest absolute Gasteiger partial charge is 0.247 e. The number of hydrogen-bond donors (Lipinski definition) is 1. The summed E-state index contributed by atoms with van der Waals surface area (Å²) in [6, 6.07) is 17.4. The van der Waals surface area contributed by atoms with E-state index in [1.165, 1.54) is 12.8 Å². The third kappa shape index (κ3) is 3.97. The summed E-state index contributed by atoms with van der Waals surface area (Å²) in [6.07, 6.45) is 3.44. The molecule has 2 aromatic carbocycles. The van der Waals surface area contributed by atoms with E-state index < -0.39 is 6.04 Å². The number of hydrogen-bond acceptors (Lipinski definition) is 3. The Morgan fingerprint density at radius 2 is 1.81 bits per heavy atom. The Morgan fingerprint density at radius 3 is 2.59 bits per heavy atom. The van der Waals surface area contributed by atoms with Crippen LogP contribution in [0.15, 0.2) is 54.6 Å². The van der Waals surface area contributed by atoms with E-state index in [-0.39, 0.29) is 11.8 Å². The summed E-state index contributed by atoms with van der Waals surface area (Å²) >= 11 is 0. The van der Waals surface area contributed by atoms with Gasteiger partial charge in [0.05, 0.1) is 0 Å². The first-order chi connectivity index (χ1) is 13.2. The van der Waals surface area contributed by atoms with Gasteiger partial charge in [-0.25, -0.2) is 0 Å². The molecule has 2 fully saturated rings. The van der Waals surface area contributed by atoms with Gasteiger partial charge in [0.1, 0.15) is 6.04 Å². The first-order valence-electron chi connectivity index (χ1n) is 9.70. The molecule has 0 spiro atoms. The molecule has 2 saturated heterocycles. The van der Waals surface area contributed by atoms with Crippen molar-refractivity contribution in [3.63, 3.8) is 0 Å². The quantitative estimate of drug-likeness (QED) is 0.886. The molecule has 0 radical (unpaired) electrons. The second-order valence-electron chi connectivity index (χ2n) is 7.30. The Balaban J connectivity index is 1.45. The Hall–Kier alpha value is -2.82. The molecule has 1 unspecified atom stereocenters. The summed E-state index contributed by atoms with van der Waals surface area (Å²) in [4.78, 5) is 29.2. The van der Waals surface area contributed by atoms with Crippen LogP contribution in [0.1, 0.15) is 31.2 Å². The second-order valence-corrected chi connectivity index (χ2v) is 7.30. The van der Waals surface area contributed by atoms with Crippen LogP contribution in [0.2, 0.25) is 0 Å². The van der Waals surface area contributed by atoms with E-state index in [4.69, 9.17) is 0 Å². The highest BCUT2D eigenvalue weighted by Gasteiger charge is 2.36. The number of amides is 2. The molecule has 1 atom stereocenters. The highest BCUT2D eigenvalue weighted by Crippen LogP contribution is 2.26. The fourth-order valence-electron chi connectivity index (χ4n) is 3.97. The number of nitrogens with zero attached hydrogens (tertiary/aromatic N) is 2. The molecule has 5 heteroatoms. The topological polar surface area (TPSA) is 52.7 Å². The lowest BCUT2D eigenvalue weighted by Crippen LogP contribution is -2.41. The van der Waals surface area contributed by atoms with Crippen LogP contribution in [0.3, 0.4) is 0 Å². The van der Waals surface area contributed by atoms with E-state index in [1.807, 2.05) is 48.5 Å². The van der Waals surface area contributed by atoms with Crippen LogP contribution in [-0.4, -0.2) is 35.8 Å². The maximum atomic E-state index is 12.9. The zero-order valence-corrected chi connectivity index (χ0v) is 15.4. The molecule has 4 rings (SSSR count). The van der Waals surface area contributed by atoms with E-state index in [0.717, 1.165) is 30.0 Å². The zero-order chi connectivity index (χ0) is 18.6. The van der Waals surface area contributed by atoms with E-state index in [2.05, 4.69) is 16.3 Å². The van der Waals surface area contributed by atoms with Gasteiger partial charge in [-0.05, 0) is 43.0 Å². The maximum Gasteiger partial charge on any atom is 0.247 e. The Labute approximate surface area is 160 Å². The Bertz CT molecular complexity index is 815. The molecule has 2 amide bonds. The second kappa shape index (κ2) is 7.82. The fourth-order valence-corrected chi connectivity index (χ4v) is 3.97. The number of likely N-dealkylation sites (tertiary alicyclic amines) is 1. The SMILES string of the molecule is O=C(Nc1cccc(N2CCCC2)c1)C1CCC(=O)N1Cc1ccccc1. The van der Waals surface area contributed by atoms with Gasteiger partial charge in [-0.15, -0.1) is 0 Å². The summed E-state index contributed by atoms with van der Waals surface area (Å²) in [6.45, 7) is 2.62. The van der Waals surface area contributed by atoms with Crippen molar-refractivity contribution in [3.05, 3.63) is 60.2 Å². The van der Waals surface area contributed by atoms with Crippen molar-refractivity contribution in [3.8, 4) is 0 Å². The minimum atomic E-state index is -0.409. The molecule has 140 valence electrons. The van der Waals surface area contributed by atoms with Gasteiger partial charge >= 0.3 is 0 Å². The summed E-state index contributed by atoms with van der Waals surface area (Å²) < 4.78 is 0. The third-order valence-electron chi connectivity index (χ3n) is 5.41. The molecule has 0 aliphatic carbocycles. The monoisotopic (exact) mass is 363 g/mol. The van der Waals surface area contributed by atoms with Gasteiger partial charge in [0.2, 0.25) is 11.8 Å². The summed E-state index contributed by atoms with van der Waals surface area (Å²) in [7, 11) is 0. The molecule has 2 aliphatic rings. The van der Waals surface area contributed by atoms with Gasteiger partial charge in [0.15, 0.2) is 0 Å². The molecule has 2 aromatic rings. The molecular weight excluding hydrogens is 338 g/mol. The first-order valence-corrected chi connectivity index (χ1v) is 9.70. The van der Waals surface area contributed by atoms with Crippen LogP contribution < -0.4 is 10.2 Å². The van der Waals surface area contributed by atoms with E-state index in [9.17, 15) is 9.59 Å². The number of carbonyl (C=O) groups is 2. The minimum absolute atomic E-state index is 0.0461. The van der Waals surface area contributed by atoms with Crippen molar-refractivity contribution in [2.24, 2.45) is 0 Å². The van der Waals surface area contributed by atoms with Crippen LogP contribution in [0.4, 0.5) is 11.4 Å². The predicted molar refractivity (Wildman–Crippen MR) is 107 cm³/mol. The molecule has 0 aromatic heterocycles. The van der Waals surface area contributed by atoms with Crippen LogP contribution >= 0.6 is 0 Å². The van der Waals surface area contributed by atoms with Crippen LogP contribution in [0.25, 0.3) is 0 Å². The third-order valence-corrected chi connectivity index (χ3v) is 5.41. The highest BCUT2D eigenvalue weighted by molar-refractivity contribution is 5.99. The van der Waals surface area contributed by atoms with Crippen molar-refractivity contribution in [1.29, 1.82) is 0 Å². The van der Waals surface area contributed by atoms with Crippen molar-refractivity contribution < 1.29 is 9.59 Å². The molecule has 0 bridgehead atoms. The molecule has 5 nitrogen and oxygen atoms in total. The van der Waals surface area contributed by atoms with Gasteiger partial charge in [0, 0.05) is 37.4 Å². The average molecular weight is 363 g/mol. The molecule has 0 saturated carbocycles. The van der Waals surface area contributed by atoms with Gasteiger partial charge < -0.3 is 15.1 Å². The summed E-state index contributed by atoms with van der Waals surface area (Å²) in [5, 5.41) is 3.02. The number of nitrogens with one attached hydrogen (secondary N) is 1. The average Bonchev–Trinajstić information content (AvgIpc) is 3.34. The maximum absolute atomic E-state index is 12.9. The highest BCUT2D eigenvalue weighted by atomic mass is 16.2. The fraction of sp³-hybridized carbons (Fsp3) is 0.364. The summed E-state index contributed by atoms with van der Waals surface area (Å²) in [5.74, 6) is -0.0554. The normalized spacial score (nSPS) is 19.6. The van der Waals surface area contributed by atoms with Gasteiger partial charge in [0.25, 0.3) is 0 Å². The Kier molecular flexibility index (Phi) is 5.10. The molecule has 1 N–H and O–H groups in total. The number of anilines is 2. The Morgan fingerprint density at radius 1 is 1.04 bits per heavy atom. The lowest BCUT2D eigenvalue weighted by Gasteiger charge is -2.24. The van der Waals surface area contributed by atoms with Crippen molar-refractivity contribution in [1.82, 2.24) is 4.90 Å². The number of benzene rings is 2. The van der Waals surface area contributed by atoms with Crippen molar-refractivity contribution in [2.45, 2.75) is 38.3 Å². The van der Waals surface area contributed by atoms with E-state index in [0.29, 0.717) is 19.4 Å². The van der Waals surface area contributed by atoms with Gasteiger partial charge in [-0.1, -0.05) is 36.4 Å². The minimum Gasteiger partial charge on any atom is -0.371 e. The number of carbonyl (C=O) groups excluding carboxylic acids is 2. The molecular formula is C22H25N3O2. The van der Waals surface area contributed by atoms with Crippen molar-refractivity contribution in [2.75, 3.05) is 23.3 Å². The van der Waals surface area contributed by atoms with E-state index in [1.54, 1.807) is 4.90 Å². The largest absolute Gasteiger partial charge is 0.371 e. The molecule has 2 heterocycles. The zero-order valence-electron chi connectivity index (χ0n) is 15.4. The summed E-state index contributed by atoms with van der Waals surface area (Å²) in [5.41, 5.74) is 2.99. The van der Waals surface area contributed by atoms with Crippen LogP contribution in [0, 0.1) is 0 Å². The number of rotatable bonds is 5. The van der Waals surface area contributed by atoms with E-state index >= 15 is 0 Å². The van der Waals surface area contributed by atoms with Crippen LogP contribution in [0.5, 0.6) is 0 Å².